The number of epoxide rings is 1. The fourth-order valence-corrected chi connectivity index (χ4v) is 3.76. The summed E-state index contributed by atoms with van der Waals surface area (Å²) in [6.45, 7) is 0.460. The molecule has 2 amide bonds. The van der Waals surface area contributed by atoms with E-state index in [0.717, 1.165) is 11.1 Å². The predicted octanol–water partition coefficient (Wildman–Crippen LogP) is -0.459. The van der Waals surface area contributed by atoms with Crippen LogP contribution in [0, 0.1) is 0 Å². The van der Waals surface area contributed by atoms with Gasteiger partial charge in [0.15, 0.2) is 5.96 Å². The first kappa shape index (κ1) is 26.1. The number of hydrogen-bond donors (Lipinski definition) is 6. The molecule has 35 heavy (non-hydrogen) atoms. The Balaban J connectivity index is 1.68. The van der Waals surface area contributed by atoms with Crippen molar-refractivity contribution in [1.82, 2.24) is 10.6 Å². The molecule has 0 spiro atoms. The SMILES string of the molecule is NC(N)=NCCC[C@H](NC(=O)[C@H](Cc1ccccc1)NC(=O)[C@H](N)Cc1ccccc1)[C@]1(O)CO1. The van der Waals surface area contributed by atoms with Crippen LogP contribution in [-0.2, 0) is 27.2 Å². The average molecular weight is 483 g/mol. The second kappa shape index (κ2) is 12.3. The summed E-state index contributed by atoms with van der Waals surface area (Å²) in [5.41, 5.74) is 18.6. The van der Waals surface area contributed by atoms with E-state index in [1.54, 1.807) is 0 Å². The third-order valence-corrected chi connectivity index (χ3v) is 5.80. The maximum atomic E-state index is 13.3. The summed E-state index contributed by atoms with van der Waals surface area (Å²) in [7, 11) is 0. The van der Waals surface area contributed by atoms with Crippen LogP contribution in [0.15, 0.2) is 65.7 Å². The van der Waals surface area contributed by atoms with Gasteiger partial charge in [-0.25, -0.2) is 0 Å². The highest BCUT2D eigenvalue weighted by Crippen LogP contribution is 2.30. The molecule has 2 aromatic carbocycles. The monoisotopic (exact) mass is 482 g/mol. The lowest BCUT2D eigenvalue weighted by Gasteiger charge is -2.26. The Bertz CT molecular complexity index is 994. The zero-order chi connectivity index (χ0) is 25.3. The van der Waals surface area contributed by atoms with Crippen LogP contribution in [-0.4, -0.2) is 59.9 Å². The maximum absolute atomic E-state index is 13.3. The lowest BCUT2D eigenvalue weighted by atomic mass is 10.0. The number of carbonyl (C=O) groups is 2. The highest BCUT2D eigenvalue weighted by atomic mass is 16.7. The molecule has 10 nitrogen and oxygen atoms in total. The number of carbonyl (C=O) groups excluding carboxylic acids is 2. The van der Waals surface area contributed by atoms with E-state index in [9.17, 15) is 14.7 Å². The van der Waals surface area contributed by atoms with Crippen LogP contribution in [0.25, 0.3) is 0 Å². The van der Waals surface area contributed by atoms with Crippen LogP contribution >= 0.6 is 0 Å². The minimum Gasteiger partial charge on any atom is -0.370 e. The molecular weight excluding hydrogens is 448 g/mol. The van der Waals surface area contributed by atoms with Crippen LogP contribution in [0.2, 0.25) is 0 Å². The third kappa shape index (κ3) is 8.36. The summed E-state index contributed by atoms with van der Waals surface area (Å²) < 4.78 is 5.17. The number of rotatable bonds is 13. The second-order valence-electron chi connectivity index (χ2n) is 8.69. The number of nitrogens with zero attached hydrogens (tertiary/aromatic N) is 1. The van der Waals surface area contributed by atoms with E-state index in [0.29, 0.717) is 25.8 Å². The molecule has 0 aliphatic carbocycles. The van der Waals surface area contributed by atoms with Crippen LogP contribution in [0.4, 0.5) is 0 Å². The summed E-state index contributed by atoms with van der Waals surface area (Å²) in [5.74, 6) is -2.34. The van der Waals surface area contributed by atoms with Gasteiger partial charge in [0.05, 0.1) is 12.1 Å². The molecule has 3 rings (SSSR count). The Morgan fingerprint density at radius 2 is 1.54 bits per heavy atom. The molecule has 0 saturated carbocycles. The normalized spacial score (nSPS) is 19.1. The van der Waals surface area contributed by atoms with Gasteiger partial charge in [0.2, 0.25) is 17.6 Å². The smallest absolute Gasteiger partial charge is 0.243 e. The molecule has 1 saturated heterocycles. The molecule has 1 aliphatic heterocycles. The van der Waals surface area contributed by atoms with E-state index in [-0.39, 0.29) is 19.0 Å². The molecule has 9 N–H and O–H groups in total. The minimum absolute atomic E-state index is 0.0237. The molecule has 10 heteroatoms. The largest absolute Gasteiger partial charge is 0.370 e. The number of nitrogens with two attached hydrogens (primary N) is 3. The van der Waals surface area contributed by atoms with Crippen molar-refractivity contribution >= 4 is 17.8 Å². The Labute approximate surface area is 204 Å². The fraction of sp³-hybridized carbons (Fsp3) is 0.400. The molecule has 1 aliphatic rings. The molecule has 4 atom stereocenters. The highest BCUT2D eigenvalue weighted by molar-refractivity contribution is 5.90. The molecule has 0 radical (unpaired) electrons. The molecule has 0 unspecified atom stereocenters. The van der Waals surface area contributed by atoms with Gasteiger partial charge in [0.25, 0.3) is 0 Å². The summed E-state index contributed by atoms with van der Waals surface area (Å²) in [6.07, 6.45) is 1.51. The van der Waals surface area contributed by atoms with Crippen LogP contribution < -0.4 is 27.8 Å². The number of hydrogen-bond acceptors (Lipinski definition) is 6. The standard InChI is InChI=1S/C25H34N6O4/c26-19(14-17-8-3-1-4-9-17)22(32)30-20(15-18-10-5-2-6-11-18)23(33)31-21(25(34)16-35-25)12-7-13-29-24(27)28/h1-6,8-11,19-21,34H,7,12-16,26H2,(H,30,32)(H,31,33)(H4,27,28,29)/t19-,20+,21+,25+/m1/s1. The zero-order valence-electron chi connectivity index (χ0n) is 19.6. The highest BCUT2D eigenvalue weighted by Gasteiger charge is 2.51. The van der Waals surface area contributed by atoms with Gasteiger partial charge in [-0.05, 0) is 30.4 Å². The number of ether oxygens (including phenoxy) is 1. The quantitative estimate of drug-likeness (QED) is 0.0966. The number of aliphatic imine (C=N–C) groups is 1. The lowest BCUT2D eigenvalue weighted by Crippen LogP contribution is -2.56. The van der Waals surface area contributed by atoms with Crippen molar-refractivity contribution in [1.29, 1.82) is 0 Å². The topological polar surface area (TPSA) is 181 Å². The molecule has 1 heterocycles. The number of aliphatic hydroxyl groups is 1. The van der Waals surface area contributed by atoms with Gasteiger partial charge in [-0.2, -0.15) is 0 Å². The number of nitrogens with one attached hydrogen (secondary N) is 2. The van der Waals surface area contributed by atoms with Gasteiger partial charge in [-0.3, -0.25) is 14.6 Å². The van der Waals surface area contributed by atoms with Gasteiger partial charge < -0.3 is 37.7 Å². The van der Waals surface area contributed by atoms with Gasteiger partial charge in [-0.1, -0.05) is 60.7 Å². The summed E-state index contributed by atoms with van der Waals surface area (Å²) in [4.78, 5) is 30.1. The van der Waals surface area contributed by atoms with Crippen LogP contribution in [0.1, 0.15) is 24.0 Å². The Kier molecular flexibility index (Phi) is 9.18. The Morgan fingerprint density at radius 1 is 0.971 bits per heavy atom. The van der Waals surface area contributed by atoms with Gasteiger partial charge in [0.1, 0.15) is 12.6 Å². The number of guanidine groups is 1. The minimum atomic E-state index is -1.45. The molecule has 0 bridgehead atoms. The van der Waals surface area contributed by atoms with Crippen LogP contribution in [0.5, 0.6) is 0 Å². The predicted molar refractivity (Wildman–Crippen MR) is 133 cm³/mol. The van der Waals surface area contributed by atoms with E-state index in [1.807, 2.05) is 60.7 Å². The summed E-state index contributed by atoms with van der Waals surface area (Å²) in [5, 5.41) is 16.2. The van der Waals surface area contributed by atoms with E-state index in [2.05, 4.69) is 15.6 Å². The van der Waals surface area contributed by atoms with E-state index >= 15 is 0 Å². The van der Waals surface area contributed by atoms with E-state index in [4.69, 9.17) is 21.9 Å². The first-order valence-electron chi connectivity index (χ1n) is 11.6. The zero-order valence-corrected chi connectivity index (χ0v) is 19.6. The van der Waals surface area contributed by atoms with Crippen molar-refractivity contribution in [3.8, 4) is 0 Å². The summed E-state index contributed by atoms with van der Waals surface area (Å²) in [6, 6.07) is 16.4. The van der Waals surface area contributed by atoms with Crippen LogP contribution in [0.3, 0.4) is 0 Å². The third-order valence-electron chi connectivity index (χ3n) is 5.80. The first-order valence-corrected chi connectivity index (χ1v) is 11.6. The second-order valence-corrected chi connectivity index (χ2v) is 8.69. The van der Waals surface area contributed by atoms with E-state index in [1.165, 1.54) is 0 Å². The average Bonchev–Trinajstić information content (AvgIpc) is 3.59. The van der Waals surface area contributed by atoms with Crippen molar-refractivity contribution in [3.05, 3.63) is 71.8 Å². The number of amides is 2. The molecule has 1 fully saturated rings. The Hall–Kier alpha value is -3.47. The first-order chi connectivity index (χ1) is 16.8. The summed E-state index contributed by atoms with van der Waals surface area (Å²) >= 11 is 0. The molecule has 188 valence electrons. The molecule has 0 aromatic heterocycles. The van der Waals surface area contributed by atoms with Crippen molar-refractivity contribution < 1.29 is 19.4 Å². The van der Waals surface area contributed by atoms with Crippen molar-refractivity contribution in [3.63, 3.8) is 0 Å². The Morgan fingerprint density at radius 3 is 2.09 bits per heavy atom. The number of benzene rings is 2. The maximum Gasteiger partial charge on any atom is 0.243 e. The fourth-order valence-electron chi connectivity index (χ4n) is 3.76. The van der Waals surface area contributed by atoms with Gasteiger partial charge in [0, 0.05) is 13.0 Å². The van der Waals surface area contributed by atoms with Gasteiger partial charge >= 0.3 is 0 Å². The molecule has 2 aromatic rings. The van der Waals surface area contributed by atoms with Gasteiger partial charge in [-0.15, -0.1) is 0 Å². The van der Waals surface area contributed by atoms with Crippen molar-refractivity contribution in [2.75, 3.05) is 13.2 Å². The van der Waals surface area contributed by atoms with Crippen molar-refractivity contribution in [2.24, 2.45) is 22.2 Å². The molecular formula is C25H34N6O4. The lowest BCUT2D eigenvalue weighted by molar-refractivity contribution is -0.131. The van der Waals surface area contributed by atoms with E-state index < -0.39 is 35.7 Å². The van der Waals surface area contributed by atoms with Crippen molar-refractivity contribution in [2.45, 2.75) is 49.6 Å².